The van der Waals surface area contributed by atoms with Crippen molar-refractivity contribution in [2.24, 2.45) is 5.92 Å². The molecule has 0 spiro atoms. The van der Waals surface area contributed by atoms with Gasteiger partial charge in [0.15, 0.2) is 6.10 Å². The number of aliphatic carboxylic acids is 1. The van der Waals surface area contributed by atoms with E-state index >= 15 is 0 Å². The van der Waals surface area contributed by atoms with Gasteiger partial charge in [0.05, 0.1) is 13.2 Å². The number of carboxylic acids is 1. The maximum atomic E-state index is 12.7. The smallest absolute Gasteiger partial charge is 0.334 e. The van der Waals surface area contributed by atoms with Crippen LogP contribution in [0.15, 0.2) is 0 Å². The summed E-state index contributed by atoms with van der Waals surface area (Å²) in [7, 11) is 0. The van der Waals surface area contributed by atoms with Crippen molar-refractivity contribution in [2.75, 3.05) is 19.7 Å². The predicted molar refractivity (Wildman–Crippen MR) is 73.5 cm³/mol. The van der Waals surface area contributed by atoms with Crippen LogP contribution in [0.5, 0.6) is 0 Å². The highest BCUT2D eigenvalue weighted by molar-refractivity contribution is 5.87. The second-order valence-electron chi connectivity index (χ2n) is 5.70. The number of carboxylic acid groups (broad SMARTS) is 1. The van der Waals surface area contributed by atoms with Gasteiger partial charge in [0, 0.05) is 13.5 Å². The van der Waals surface area contributed by atoms with Crippen molar-refractivity contribution >= 4 is 17.8 Å². The van der Waals surface area contributed by atoms with Gasteiger partial charge >= 0.3 is 5.97 Å². The second-order valence-corrected chi connectivity index (χ2v) is 5.70. The molecule has 1 heterocycles. The normalized spacial score (nSPS) is 24.6. The summed E-state index contributed by atoms with van der Waals surface area (Å²) in [6.45, 7) is 2.01. The number of carbonyl (C=O) groups is 3. The van der Waals surface area contributed by atoms with Gasteiger partial charge in [-0.3, -0.25) is 9.59 Å². The van der Waals surface area contributed by atoms with Crippen molar-refractivity contribution in [3.63, 3.8) is 0 Å². The average molecular weight is 298 g/mol. The first kappa shape index (κ1) is 15.8. The topological polar surface area (TPSA) is 95.9 Å². The Hall–Kier alpha value is -1.63. The number of carbonyl (C=O) groups excluding carboxylic acids is 2. The van der Waals surface area contributed by atoms with E-state index in [-0.39, 0.29) is 30.9 Å². The third kappa shape index (κ3) is 3.93. The van der Waals surface area contributed by atoms with Crippen molar-refractivity contribution in [3.8, 4) is 0 Å². The Morgan fingerprint density at radius 1 is 1.29 bits per heavy atom. The monoisotopic (exact) mass is 298 g/mol. The standard InChI is InChI=1S/C14H22N2O5/c1-9(17)15-12(10-4-2-3-5-10)13(18)16-6-7-21-11(8-16)14(19)20/h10-12H,2-8H2,1H3,(H,15,17)(H,19,20)/t11-,12+/m0/s1. The molecule has 2 atom stereocenters. The number of rotatable bonds is 4. The fraction of sp³-hybridized carbons (Fsp3) is 0.786. The summed E-state index contributed by atoms with van der Waals surface area (Å²) in [5.74, 6) is -1.34. The van der Waals surface area contributed by atoms with Crippen LogP contribution in [0.3, 0.4) is 0 Å². The molecule has 118 valence electrons. The van der Waals surface area contributed by atoms with Gasteiger partial charge in [0.25, 0.3) is 0 Å². The Labute approximate surface area is 123 Å². The lowest BCUT2D eigenvalue weighted by Crippen LogP contribution is -2.56. The van der Waals surface area contributed by atoms with E-state index in [1.807, 2.05) is 0 Å². The van der Waals surface area contributed by atoms with Crippen LogP contribution in [-0.2, 0) is 19.1 Å². The molecule has 1 saturated heterocycles. The van der Waals surface area contributed by atoms with E-state index in [2.05, 4.69) is 5.32 Å². The van der Waals surface area contributed by atoms with E-state index in [0.717, 1.165) is 25.7 Å². The summed E-state index contributed by atoms with van der Waals surface area (Å²) in [5.41, 5.74) is 0. The lowest BCUT2D eigenvalue weighted by molar-refractivity contribution is -0.160. The van der Waals surface area contributed by atoms with Gasteiger partial charge in [-0.05, 0) is 18.8 Å². The zero-order valence-electron chi connectivity index (χ0n) is 12.2. The van der Waals surface area contributed by atoms with Gasteiger partial charge in [-0.15, -0.1) is 0 Å². The highest BCUT2D eigenvalue weighted by Crippen LogP contribution is 2.29. The van der Waals surface area contributed by atoms with Gasteiger partial charge in [-0.25, -0.2) is 4.79 Å². The molecule has 0 unspecified atom stereocenters. The summed E-state index contributed by atoms with van der Waals surface area (Å²) >= 11 is 0. The second kappa shape index (κ2) is 6.89. The van der Waals surface area contributed by atoms with Crippen LogP contribution in [0.2, 0.25) is 0 Å². The van der Waals surface area contributed by atoms with E-state index in [9.17, 15) is 14.4 Å². The number of hydrogen-bond acceptors (Lipinski definition) is 4. The molecule has 1 saturated carbocycles. The fourth-order valence-electron chi connectivity index (χ4n) is 3.09. The number of nitrogens with one attached hydrogen (secondary N) is 1. The Morgan fingerprint density at radius 3 is 2.52 bits per heavy atom. The van der Waals surface area contributed by atoms with Crippen LogP contribution >= 0.6 is 0 Å². The Morgan fingerprint density at radius 2 is 1.95 bits per heavy atom. The Kier molecular flexibility index (Phi) is 5.17. The summed E-state index contributed by atoms with van der Waals surface area (Å²) in [5, 5.41) is 11.7. The zero-order valence-corrected chi connectivity index (χ0v) is 12.2. The number of nitrogens with zero attached hydrogens (tertiary/aromatic N) is 1. The molecular formula is C14H22N2O5. The lowest BCUT2D eigenvalue weighted by Gasteiger charge is -2.35. The van der Waals surface area contributed by atoms with E-state index < -0.39 is 18.1 Å². The van der Waals surface area contributed by atoms with Crippen LogP contribution in [0.25, 0.3) is 0 Å². The minimum Gasteiger partial charge on any atom is -0.479 e. The number of morpholine rings is 1. The predicted octanol–water partition coefficient (Wildman–Crippen LogP) is -0.00670. The first-order valence-electron chi connectivity index (χ1n) is 7.39. The maximum Gasteiger partial charge on any atom is 0.334 e. The summed E-state index contributed by atoms with van der Waals surface area (Å²) in [6.07, 6.45) is 2.99. The first-order chi connectivity index (χ1) is 9.99. The van der Waals surface area contributed by atoms with Crippen LogP contribution < -0.4 is 5.32 Å². The van der Waals surface area contributed by atoms with E-state index in [0.29, 0.717) is 6.54 Å². The molecule has 7 nitrogen and oxygen atoms in total. The zero-order chi connectivity index (χ0) is 15.4. The van der Waals surface area contributed by atoms with Crippen molar-refractivity contribution in [1.29, 1.82) is 0 Å². The molecule has 2 rings (SSSR count). The lowest BCUT2D eigenvalue weighted by atomic mass is 9.96. The number of amides is 2. The van der Waals surface area contributed by atoms with Crippen molar-refractivity contribution < 1.29 is 24.2 Å². The van der Waals surface area contributed by atoms with E-state index in [4.69, 9.17) is 9.84 Å². The van der Waals surface area contributed by atoms with Gasteiger partial charge in [-0.1, -0.05) is 12.8 Å². The third-order valence-electron chi connectivity index (χ3n) is 4.15. The first-order valence-corrected chi connectivity index (χ1v) is 7.39. The molecule has 2 fully saturated rings. The molecular weight excluding hydrogens is 276 g/mol. The van der Waals surface area contributed by atoms with Crippen molar-refractivity contribution in [2.45, 2.75) is 44.8 Å². The van der Waals surface area contributed by atoms with E-state index in [1.54, 1.807) is 0 Å². The molecule has 2 aliphatic rings. The van der Waals surface area contributed by atoms with Crippen LogP contribution in [0, 0.1) is 5.92 Å². The number of ether oxygens (including phenoxy) is 1. The molecule has 0 bridgehead atoms. The SMILES string of the molecule is CC(=O)N[C@@H](C(=O)N1CCO[C@H](C(=O)O)C1)C1CCCC1. The fourth-order valence-corrected chi connectivity index (χ4v) is 3.09. The van der Waals surface area contributed by atoms with Crippen LogP contribution in [0.1, 0.15) is 32.6 Å². The molecule has 1 aliphatic carbocycles. The minimum atomic E-state index is -1.07. The van der Waals surface area contributed by atoms with Crippen molar-refractivity contribution in [3.05, 3.63) is 0 Å². The van der Waals surface area contributed by atoms with E-state index in [1.165, 1.54) is 11.8 Å². The average Bonchev–Trinajstić information content (AvgIpc) is 2.98. The van der Waals surface area contributed by atoms with Gasteiger partial charge < -0.3 is 20.1 Å². The van der Waals surface area contributed by atoms with Crippen molar-refractivity contribution in [1.82, 2.24) is 10.2 Å². The molecule has 0 aromatic carbocycles. The highest BCUT2D eigenvalue weighted by Gasteiger charge is 2.37. The molecule has 1 aliphatic heterocycles. The molecule has 0 radical (unpaired) electrons. The number of hydrogen-bond donors (Lipinski definition) is 2. The Bertz CT molecular complexity index is 420. The maximum absolute atomic E-state index is 12.7. The summed E-state index contributed by atoms with van der Waals surface area (Å²) in [4.78, 5) is 36.5. The van der Waals surface area contributed by atoms with Gasteiger partial charge in [-0.2, -0.15) is 0 Å². The summed E-state index contributed by atoms with van der Waals surface area (Å²) in [6, 6.07) is -0.544. The highest BCUT2D eigenvalue weighted by atomic mass is 16.5. The van der Waals surface area contributed by atoms with Gasteiger partial charge in [0.2, 0.25) is 11.8 Å². The van der Waals surface area contributed by atoms with Gasteiger partial charge in [0.1, 0.15) is 6.04 Å². The molecule has 2 amide bonds. The molecule has 0 aromatic rings. The van der Waals surface area contributed by atoms with Crippen LogP contribution in [0.4, 0.5) is 0 Å². The summed E-state index contributed by atoms with van der Waals surface area (Å²) < 4.78 is 5.13. The Balaban J connectivity index is 2.05. The molecule has 7 heteroatoms. The molecule has 21 heavy (non-hydrogen) atoms. The molecule has 0 aromatic heterocycles. The molecule has 2 N–H and O–H groups in total. The third-order valence-corrected chi connectivity index (χ3v) is 4.15. The largest absolute Gasteiger partial charge is 0.479 e. The van der Waals surface area contributed by atoms with Crippen LogP contribution in [-0.4, -0.2) is 59.6 Å². The minimum absolute atomic E-state index is 0.0387. The quantitative estimate of drug-likeness (QED) is 0.761.